The third-order valence-electron chi connectivity index (χ3n) is 4.04. The summed E-state index contributed by atoms with van der Waals surface area (Å²) < 4.78 is 4.67. The lowest BCUT2D eigenvalue weighted by Crippen LogP contribution is -2.30. The van der Waals surface area contributed by atoms with Crippen molar-refractivity contribution in [2.45, 2.75) is 12.8 Å². The fourth-order valence-corrected chi connectivity index (χ4v) is 2.87. The normalized spacial score (nSPS) is 13.8. The van der Waals surface area contributed by atoms with Gasteiger partial charge in [-0.25, -0.2) is 4.63 Å². The van der Waals surface area contributed by atoms with Gasteiger partial charge in [-0.2, -0.15) is 0 Å². The van der Waals surface area contributed by atoms with Crippen LogP contribution in [0.2, 0.25) is 0 Å². The Morgan fingerprint density at radius 1 is 0.913 bits per heavy atom. The van der Waals surface area contributed by atoms with Crippen LogP contribution in [0.5, 0.6) is 0 Å². The molecular formula is C17H13N3O3. The Balaban J connectivity index is 1.44. The first-order valence-corrected chi connectivity index (χ1v) is 7.40. The van der Waals surface area contributed by atoms with E-state index >= 15 is 0 Å². The maximum atomic E-state index is 12.3. The highest BCUT2D eigenvalue weighted by molar-refractivity contribution is 6.21. The summed E-state index contributed by atoms with van der Waals surface area (Å²) >= 11 is 0. The van der Waals surface area contributed by atoms with Crippen LogP contribution < -0.4 is 0 Å². The largest absolute Gasteiger partial charge is 0.274 e. The lowest BCUT2D eigenvalue weighted by Gasteiger charge is -2.13. The molecule has 6 heteroatoms. The van der Waals surface area contributed by atoms with Gasteiger partial charge in [0.15, 0.2) is 0 Å². The van der Waals surface area contributed by atoms with Crippen LogP contribution in [0.15, 0.2) is 47.1 Å². The fraction of sp³-hybridized carbons (Fsp3) is 0.176. The van der Waals surface area contributed by atoms with Crippen molar-refractivity contribution in [2.24, 2.45) is 0 Å². The summed E-state index contributed by atoms with van der Waals surface area (Å²) in [4.78, 5) is 25.8. The Bertz CT molecular complexity index is 881. The fourth-order valence-electron chi connectivity index (χ4n) is 2.87. The molecule has 0 saturated heterocycles. The summed E-state index contributed by atoms with van der Waals surface area (Å²) in [6.07, 6.45) is 1.44. The van der Waals surface area contributed by atoms with Crippen molar-refractivity contribution in [1.29, 1.82) is 0 Å². The van der Waals surface area contributed by atoms with Crippen molar-refractivity contribution in [3.05, 3.63) is 59.2 Å². The zero-order chi connectivity index (χ0) is 15.8. The van der Waals surface area contributed by atoms with Crippen LogP contribution in [0.4, 0.5) is 0 Å². The van der Waals surface area contributed by atoms with E-state index in [0.717, 1.165) is 12.0 Å². The van der Waals surface area contributed by atoms with Gasteiger partial charge < -0.3 is 0 Å². The first-order valence-electron chi connectivity index (χ1n) is 7.40. The SMILES string of the molecule is O=C1c2ccccc2C(=O)N1CCCc1ccc2nonc2c1. The molecule has 0 aliphatic carbocycles. The number of hydrogen-bond donors (Lipinski definition) is 0. The van der Waals surface area contributed by atoms with E-state index < -0.39 is 0 Å². The Labute approximate surface area is 131 Å². The summed E-state index contributed by atoms with van der Waals surface area (Å²) in [5.74, 6) is -0.413. The highest BCUT2D eigenvalue weighted by atomic mass is 16.6. The molecule has 0 radical (unpaired) electrons. The molecule has 0 N–H and O–H groups in total. The van der Waals surface area contributed by atoms with Crippen LogP contribution in [0.1, 0.15) is 32.7 Å². The number of amides is 2. The van der Waals surface area contributed by atoms with E-state index in [2.05, 4.69) is 14.9 Å². The second-order valence-corrected chi connectivity index (χ2v) is 5.50. The topological polar surface area (TPSA) is 76.3 Å². The Morgan fingerprint density at radius 3 is 2.35 bits per heavy atom. The monoisotopic (exact) mass is 307 g/mol. The standard InChI is InChI=1S/C17H13N3O3/c21-16-12-5-1-2-6-13(12)17(22)20(16)9-3-4-11-7-8-14-15(10-11)19-23-18-14/h1-2,5-8,10H,3-4,9H2. The third kappa shape index (κ3) is 2.28. The number of benzene rings is 2. The van der Waals surface area contributed by atoms with Gasteiger partial charge in [-0.05, 0) is 53.0 Å². The summed E-state index contributed by atoms with van der Waals surface area (Å²) in [6.45, 7) is 0.404. The molecule has 0 fully saturated rings. The summed E-state index contributed by atoms with van der Waals surface area (Å²) in [5.41, 5.74) is 3.49. The predicted molar refractivity (Wildman–Crippen MR) is 81.9 cm³/mol. The molecule has 23 heavy (non-hydrogen) atoms. The third-order valence-corrected chi connectivity index (χ3v) is 4.04. The number of rotatable bonds is 4. The number of fused-ring (bicyclic) bond motifs is 2. The van der Waals surface area contributed by atoms with E-state index in [0.29, 0.717) is 35.1 Å². The van der Waals surface area contributed by atoms with E-state index in [1.54, 1.807) is 24.3 Å². The second-order valence-electron chi connectivity index (χ2n) is 5.50. The zero-order valence-corrected chi connectivity index (χ0v) is 12.2. The molecule has 0 saturated carbocycles. The van der Waals surface area contributed by atoms with E-state index in [1.165, 1.54) is 4.90 Å². The molecule has 6 nitrogen and oxygen atoms in total. The summed E-state index contributed by atoms with van der Waals surface area (Å²) in [6, 6.07) is 12.7. The van der Waals surface area contributed by atoms with E-state index in [4.69, 9.17) is 0 Å². The van der Waals surface area contributed by atoms with Gasteiger partial charge in [0.05, 0.1) is 11.1 Å². The molecule has 0 bridgehead atoms. The average molecular weight is 307 g/mol. The minimum atomic E-state index is -0.207. The van der Waals surface area contributed by atoms with Crippen LogP contribution in [0.3, 0.4) is 0 Å². The number of aryl methyl sites for hydroxylation is 1. The average Bonchev–Trinajstić information content (AvgIpc) is 3.13. The zero-order valence-electron chi connectivity index (χ0n) is 12.2. The van der Waals surface area contributed by atoms with Crippen molar-refractivity contribution in [3.8, 4) is 0 Å². The van der Waals surface area contributed by atoms with Crippen molar-refractivity contribution >= 4 is 22.8 Å². The van der Waals surface area contributed by atoms with Crippen LogP contribution in [0, 0.1) is 0 Å². The van der Waals surface area contributed by atoms with Gasteiger partial charge >= 0.3 is 0 Å². The maximum Gasteiger partial charge on any atom is 0.261 e. The first kappa shape index (κ1) is 13.6. The lowest BCUT2D eigenvalue weighted by molar-refractivity contribution is 0.0652. The molecule has 114 valence electrons. The molecule has 1 aliphatic heterocycles. The number of imide groups is 1. The van der Waals surface area contributed by atoms with E-state index in [1.807, 2.05) is 18.2 Å². The molecule has 4 rings (SSSR count). The molecule has 0 atom stereocenters. The molecular weight excluding hydrogens is 294 g/mol. The lowest BCUT2D eigenvalue weighted by atomic mass is 10.1. The highest BCUT2D eigenvalue weighted by Crippen LogP contribution is 2.23. The summed E-state index contributed by atoms with van der Waals surface area (Å²) in [5, 5.41) is 7.57. The van der Waals surface area contributed by atoms with Gasteiger partial charge in [-0.3, -0.25) is 14.5 Å². The minimum absolute atomic E-state index is 0.207. The molecule has 1 aliphatic rings. The number of carbonyl (C=O) groups is 2. The van der Waals surface area contributed by atoms with E-state index in [9.17, 15) is 9.59 Å². The van der Waals surface area contributed by atoms with Gasteiger partial charge in [-0.15, -0.1) is 0 Å². The van der Waals surface area contributed by atoms with Crippen molar-refractivity contribution in [3.63, 3.8) is 0 Å². The first-order chi connectivity index (χ1) is 11.2. The summed E-state index contributed by atoms with van der Waals surface area (Å²) in [7, 11) is 0. The predicted octanol–water partition coefficient (Wildman–Crippen LogP) is 2.45. The van der Waals surface area contributed by atoms with Gasteiger partial charge in [0, 0.05) is 6.54 Å². The van der Waals surface area contributed by atoms with Gasteiger partial charge in [0.25, 0.3) is 11.8 Å². The maximum absolute atomic E-state index is 12.3. The molecule has 0 spiro atoms. The van der Waals surface area contributed by atoms with E-state index in [-0.39, 0.29) is 11.8 Å². The van der Waals surface area contributed by atoms with Gasteiger partial charge in [0.1, 0.15) is 11.0 Å². The Kier molecular flexibility index (Phi) is 3.15. The van der Waals surface area contributed by atoms with Crippen LogP contribution in [-0.4, -0.2) is 33.6 Å². The molecule has 1 aromatic heterocycles. The Morgan fingerprint density at radius 2 is 1.61 bits per heavy atom. The molecule has 2 aromatic carbocycles. The number of hydrogen-bond acceptors (Lipinski definition) is 5. The van der Waals surface area contributed by atoms with Crippen LogP contribution >= 0.6 is 0 Å². The second kappa shape index (κ2) is 5.31. The number of nitrogens with zero attached hydrogens (tertiary/aromatic N) is 3. The molecule has 2 amide bonds. The quantitative estimate of drug-likeness (QED) is 0.692. The molecule has 2 heterocycles. The highest BCUT2D eigenvalue weighted by Gasteiger charge is 2.34. The number of carbonyl (C=O) groups excluding carboxylic acids is 2. The van der Waals surface area contributed by atoms with Crippen molar-refractivity contribution in [2.75, 3.05) is 6.54 Å². The molecule has 3 aromatic rings. The van der Waals surface area contributed by atoms with Crippen LogP contribution in [0.25, 0.3) is 11.0 Å². The Hall–Kier alpha value is -3.02. The molecule has 0 unspecified atom stereocenters. The van der Waals surface area contributed by atoms with Crippen LogP contribution in [-0.2, 0) is 6.42 Å². The smallest absolute Gasteiger partial charge is 0.261 e. The van der Waals surface area contributed by atoms with Gasteiger partial charge in [-0.1, -0.05) is 18.2 Å². The number of aromatic nitrogens is 2. The van der Waals surface area contributed by atoms with Gasteiger partial charge in [0.2, 0.25) is 0 Å². The minimum Gasteiger partial charge on any atom is -0.274 e. The van der Waals surface area contributed by atoms with Crippen molar-refractivity contribution in [1.82, 2.24) is 15.2 Å². The van der Waals surface area contributed by atoms with Crippen molar-refractivity contribution < 1.29 is 14.2 Å².